The van der Waals surface area contributed by atoms with Crippen molar-refractivity contribution in [2.75, 3.05) is 26.2 Å². The van der Waals surface area contributed by atoms with Gasteiger partial charge in [-0.1, -0.05) is 6.92 Å². The maximum Gasteiger partial charge on any atom is 0.303 e. The Morgan fingerprint density at radius 2 is 2.11 bits per heavy atom. The first-order chi connectivity index (χ1) is 8.67. The molecule has 1 saturated heterocycles. The Morgan fingerprint density at radius 3 is 2.72 bits per heavy atom. The molecule has 1 saturated carbocycles. The Bertz CT molecular complexity index is 279. The molecule has 0 radical (unpaired) electrons. The summed E-state index contributed by atoms with van der Waals surface area (Å²) in [5, 5.41) is 12.3. The van der Waals surface area contributed by atoms with Gasteiger partial charge in [0.15, 0.2) is 0 Å². The third-order valence-electron chi connectivity index (χ3n) is 4.09. The van der Waals surface area contributed by atoms with Gasteiger partial charge in [0.25, 0.3) is 0 Å². The molecule has 18 heavy (non-hydrogen) atoms. The molecule has 2 rings (SSSR count). The number of nitrogens with one attached hydrogen (secondary N) is 1. The van der Waals surface area contributed by atoms with Gasteiger partial charge in [-0.15, -0.1) is 0 Å². The lowest BCUT2D eigenvalue weighted by molar-refractivity contribution is -0.137. The highest BCUT2D eigenvalue weighted by Crippen LogP contribution is 2.31. The number of carbonyl (C=O) groups is 1. The summed E-state index contributed by atoms with van der Waals surface area (Å²) in [6, 6.07) is 0.557. The van der Waals surface area contributed by atoms with Gasteiger partial charge in [0, 0.05) is 32.1 Å². The number of carboxylic acids is 1. The van der Waals surface area contributed by atoms with E-state index in [1.807, 2.05) is 0 Å². The predicted molar refractivity (Wildman–Crippen MR) is 71.6 cm³/mol. The standard InChI is InChI=1S/C14H26N2O2/c1-2-15-13-7-12(5-6-14(17)18)9-16(10-13)8-11-3-4-11/h11-13,15H,2-10H2,1H3,(H,17,18). The van der Waals surface area contributed by atoms with Gasteiger partial charge in [-0.2, -0.15) is 0 Å². The summed E-state index contributed by atoms with van der Waals surface area (Å²) in [6.45, 7) is 6.63. The summed E-state index contributed by atoms with van der Waals surface area (Å²) in [5.41, 5.74) is 0. The maximum atomic E-state index is 10.7. The summed E-state index contributed by atoms with van der Waals surface area (Å²) in [5.74, 6) is 0.817. The summed E-state index contributed by atoms with van der Waals surface area (Å²) in [4.78, 5) is 13.2. The molecular weight excluding hydrogens is 228 g/mol. The summed E-state index contributed by atoms with van der Waals surface area (Å²) in [7, 11) is 0. The maximum absolute atomic E-state index is 10.7. The highest BCUT2D eigenvalue weighted by Gasteiger charge is 2.31. The van der Waals surface area contributed by atoms with Crippen LogP contribution in [0.5, 0.6) is 0 Å². The predicted octanol–water partition coefficient (Wildman–Crippen LogP) is 1.56. The quantitative estimate of drug-likeness (QED) is 0.724. The van der Waals surface area contributed by atoms with E-state index in [1.165, 1.54) is 19.4 Å². The molecule has 2 fully saturated rings. The highest BCUT2D eigenvalue weighted by atomic mass is 16.4. The number of nitrogens with zero attached hydrogens (tertiary/aromatic N) is 1. The van der Waals surface area contributed by atoms with Crippen LogP contribution in [0.15, 0.2) is 0 Å². The second-order valence-corrected chi connectivity index (χ2v) is 5.95. The van der Waals surface area contributed by atoms with Crippen LogP contribution in [0.1, 0.15) is 39.0 Å². The molecule has 2 N–H and O–H groups in total. The number of aliphatic carboxylic acids is 1. The number of rotatable bonds is 7. The lowest BCUT2D eigenvalue weighted by Gasteiger charge is -2.38. The van der Waals surface area contributed by atoms with Crippen LogP contribution in [-0.2, 0) is 4.79 Å². The first kappa shape index (κ1) is 13.8. The van der Waals surface area contributed by atoms with E-state index in [-0.39, 0.29) is 0 Å². The number of carboxylic acid groups (broad SMARTS) is 1. The number of piperidine rings is 1. The zero-order valence-electron chi connectivity index (χ0n) is 11.4. The molecule has 0 aromatic rings. The van der Waals surface area contributed by atoms with Crippen LogP contribution in [0.25, 0.3) is 0 Å². The van der Waals surface area contributed by atoms with Crippen LogP contribution in [0.4, 0.5) is 0 Å². The van der Waals surface area contributed by atoms with E-state index in [4.69, 9.17) is 5.11 Å². The zero-order chi connectivity index (χ0) is 13.0. The Morgan fingerprint density at radius 1 is 1.33 bits per heavy atom. The van der Waals surface area contributed by atoms with Gasteiger partial charge < -0.3 is 15.3 Å². The van der Waals surface area contributed by atoms with Crippen molar-refractivity contribution in [2.45, 2.75) is 45.1 Å². The van der Waals surface area contributed by atoms with Crippen molar-refractivity contribution in [3.05, 3.63) is 0 Å². The normalized spacial score (nSPS) is 29.4. The molecule has 2 unspecified atom stereocenters. The number of hydrogen-bond donors (Lipinski definition) is 2. The van der Waals surface area contributed by atoms with Gasteiger partial charge in [-0.05, 0) is 44.1 Å². The second kappa shape index (κ2) is 6.53. The van der Waals surface area contributed by atoms with Crippen molar-refractivity contribution < 1.29 is 9.90 Å². The fourth-order valence-electron chi connectivity index (χ4n) is 3.09. The molecule has 0 aromatic heterocycles. The molecule has 4 heteroatoms. The Balaban J connectivity index is 1.81. The molecule has 104 valence electrons. The van der Waals surface area contributed by atoms with Gasteiger partial charge in [0.2, 0.25) is 0 Å². The molecule has 2 atom stereocenters. The van der Waals surface area contributed by atoms with Crippen LogP contribution in [0, 0.1) is 11.8 Å². The molecule has 1 aliphatic heterocycles. The van der Waals surface area contributed by atoms with E-state index in [0.717, 1.165) is 38.4 Å². The van der Waals surface area contributed by atoms with E-state index in [1.54, 1.807) is 0 Å². The molecule has 4 nitrogen and oxygen atoms in total. The lowest BCUT2D eigenvalue weighted by Crippen LogP contribution is -2.49. The monoisotopic (exact) mass is 254 g/mol. The van der Waals surface area contributed by atoms with Gasteiger partial charge in [-0.25, -0.2) is 0 Å². The van der Waals surface area contributed by atoms with E-state index >= 15 is 0 Å². The van der Waals surface area contributed by atoms with Crippen LogP contribution in [0.3, 0.4) is 0 Å². The van der Waals surface area contributed by atoms with E-state index in [2.05, 4.69) is 17.1 Å². The first-order valence-corrected chi connectivity index (χ1v) is 7.35. The van der Waals surface area contributed by atoms with Gasteiger partial charge >= 0.3 is 5.97 Å². The molecule has 2 aliphatic rings. The summed E-state index contributed by atoms with van der Waals surface area (Å²) >= 11 is 0. The molecule has 1 heterocycles. The van der Waals surface area contributed by atoms with Crippen LogP contribution in [0.2, 0.25) is 0 Å². The number of likely N-dealkylation sites (tertiary alicyclic amines) is 1. The molecular formula is C14H26N2O2. The lowest BCUT2D eigenvalue weighted by atomic mass is 9.90. The fraction of sp³-hybridized carbons (Fsp3) is 0.929. The third-order valence-corrected chi connectivity index (χ3v) is 4.09. The molecule has 0 amide bonds. The van der Waals surface area contributed by atoms with Crippen LogP contribution in [-0.4, -0.2) is 48.2 Å². The number of hydrogen-bond acceptors (Lipinski definition) is 3. The smallest absolute Gasteiger partial charge is 0.303 e. The van der Waals surface area contributed by atoms with E-state index in [9.17, 15) is 4.79 Å². The second-order valence-electron chi connectivity index (χ2n) is 5.95. The van der Waals surface area contributed by atoms with Gasteiger partial charge in [0.05, 0.1) is 0 Å². The third kappa shape index (κ3) is 4.58. The molecule has 0 spiro atoms. The highest BCUT2D eigenvalue weighted by molar-refractivity contribution is 5.66. The summed E-state index contributed by atoms with van der Waals surface area (Å²) in [6.07, 6.45) is 5.08. The Labute approximate surface area is 110 Å². The van der Waals surface area contributed by atoms with Crippen molar-refractivity contribution in [2.24, 2.45) is 11.8 Å². The van der Waals surface area contributed by atoms with Crippen molar-refractivity contribution >= 4 is 5.97 Å². The topological polar surface area (TPSA) is 52.6 Å². The van der Waals surface area contributed by atoms with Crippen molar-refractivity contribution in [1.29, 1.82) is 0 Å². The van der Waals surface area contributed by atoms with Crippen LogP contribution < -0.4 is 5.32 Å². The first-order valence-electron chi connectivity index (χ1n) is 7.35. The van der Waals surface area contributed by atoms with E-state index < -0.39 is 5.97 Å². The molecule has 0 aromatic carbocycles. The fourth-order valence-corrected chi connectivity index (χ4v) is 3.09. The van der Waals surface area contributed by atoms with Gasteiger partial charge in [0.1, 0.15) is 0 Å². The number of likely N-dealkylation sites (N-methyl/N-ethyl adjacent to an activating group) is 1. The minimum absolute atomic E-state index is 0.320. The average molecular weight is 254 g/mol. The van der Waals surface area contributed by atoms with Crippen molar-refractivity contribution in [1.82, 2.24) is 10.2 Å². The average Bonchev–Trinajstić information content (AvgIpc) is 3.10. The van der Waals surface area contributed by atoms with E-state index in [0.29, 0.717) is 18.4 Å². The largest absolute Gasteiger partial charge is 0.481 e. The zero-order valence-corrected chi connectivity index (χ0v) is 11.4. The Hall–Kier alpha value is -0.610. The minimum atomic E-state index is -0.658. The van der Waals surface area contributed by atoms with Crippen LogP contribution >= 0.6 is 0 Å². The van der Waals surface area contributed by atoms with Crippen molar-refractivity contribution in [3.63, 3.8) is 0 Å². The Kier molecular flexibility index (Phi) is 5.01. The molecule has 1 aliphatic carbocycles. The van der Waals surface area contributed by atoms with Gasteiger partial charge in [-0.3, -0.25) is 4.79 Å². The molecule has 0 bridgehead atoms. The van der Waals surface area contributed by atoms with Crippen molar-refractivity contribution in [3.8, 4) is 0 Å². The minimum Gasteiger partial charge on any atom is -0.481 e. The summed E-state index contributed by atoms with van der Waals surface area (Å²) < 4.78 is 0. The SMILES string of the molecule is CCNC1CC(CCC(=O)O)CN(CC2CC2)C1.